The Kier molecular flexibility index (Phi) is 4.74. The Bertz CT molecular complexity index is 680. The van der Waals surface area contributed by atoms with Crippen LogP contribution >= 0.6 is 0 Å². The molecule has 0 spiro atoms. The van der Waals surface area contributed by atoms with Crippen molar-refractivity contribution in [1.82, 2.24) is 15.0 Å². The normalized spacial score (nSPS) is 17.7. The zero-order chi connectivity index (χ0) is 16.2. The summed E-state index contributed by atoms with van der Waals surface area (Å²) in [6.07, 6.45) is 4.29. The maximum atomic E-state index is 12.6. The molecule has 1 unspecified atom stereocenters. The Labute approximate surface area is 136 Å². The van der Waals surface area contributed by atoms with Gasteiger partial charge in [0.15, 0.2) is 5.82 Å². The molecule has 2 heterocycles. The van der Waals surface area contributed by atoms with Crippen molar-refractivity contribution in [2.24, 2.45) is 0 Å². The van der Waals surface area contributed by atoms with Crippen molar-refractivity contribution in [3.05, 3.63) is 47.1 Å². The first kappa shape index (κ1) is 15.7. The van der Waals surface area contributed by atoms with Crippen LogP contribution in [0.4, 0.5) is 0 Å². The summed E-state index contributed by atoms with van der Waals surface area (Å²) < 4.78 is 5.00. The van der Waals surface area contributed by atoms with Crippen LogP contribution in [0.3, 0.4) is 0 Å². The van der Waals surface area contributed by atoms with Gasteiger partial charge in [0.2, 0.25) is 11.8 Å². The standard InChI is InChI=1S/C18H23N3O2/c1-13-5-3-6-15(11-13)12-18(22)21-10-4-7-16(21)8-9-17-19-14(2)23-20-17/h3,5-6,11,16H,4,7-10,12H2,1-2H3. The minimum Gasteiger partial charge on any atom is -0.340 e. The predicted molar refractivity (Wildman–Crippen MR) is 87.0 cm³/mol. The average molecular weight is 313 g/mol. The van der Waals surface area contributed by atoms with Gasteiger partial charge in [0.25, 0.3) is 0 Å². The van der Waals surface area contributed by atoms with E-state index in [9.17, 15) is 4.79 Å². The number of carbonyl (C=O) groups excluding carboxylic acids is 1. The third-order valence-corrected chi connectivity index (χ3v) is 4.41. The van der Waals surface area contributed by atoms with Crippen LogP contribution in [-0.2, 0) is 17.6 Å². The topological polar surface area (TPSA) is 59.2 Å². The van der Waals surface area contributed by atoms with Crippen molar-refractivity contribution in [1.29, 1.82) is 0 Å². The van der Waals surface area contributed by atoms with Gasteiger partial charge < -0.3 is 9.42 Å². The van der Waals surface area contributed by atoms with Crippen LogP contribution in [0.1, 0.15) is 42.1 Å². The lowest BCUT2D eigenvalue weighted by molar-refractivity contribution is -0.131. The molecule has 0 N–H and O–H groups in total. The zero-order valence-electron chi connectivity index (χ0n) is 13.8. The van der Waals surface area contributed by atoms with Gasteiger partial charge in [-0.1, -0.05) is 35.0 Å². The maximum Gasteiger partial charge on any atom is 0.227 e. The molecule has 0 aliphatic carbocycles. The first-order valence-electron chi connectivity index (χ1n) is 8.26. The highest BCUT2D eigenvalue weighted by Gasteiger charge is 2.28. The summed E-state index contributed by atoms with van der Waals surface area (Å²) in [6.45, 7) is 4.71. The van der Waals surface area contributed by atoms with E-state index in [2.05, 4.69) is 29.2 Å². The van der Waals surface area contributed by atoms with Gasteiger partial charge in [-0.2, -0.15) is 4.98 Å². The van der Waals surface area contributed by atoms with E-state index in [4.69, 9.17) is 4.52 Å². The second-order valence-corrected chi connectivity index (χ2v) is 6.32. The summed E-state index contributed by atoms with van der Waals surface area (Å²) in [4.78, 5) is 18.9. The molecule has 23 heavy (non-hydrogen) atoms. The molecule has 0 bridgehead atoms. The Morgan fingerprint density at radius 3 is 3.00 bits per heavy atom. The van der Waals surface area contributed by atoms with Crippen LogP contribution < -0.4 is 0 Å². The molecule has 1 saturated heterocycles. The highest BCUT2D eigenvalue weighted by atomic mass is 16.5. The number of aromatic nitrogens is 2. The molecule has 1 fully saturated rings. The molecule has 1 amide bonds. The first-order valence-corrected chi connectivity index (χ1v) is 8.26. The largest absolute Gasteiger partial charge is 0.340 e. The first-order chi connectivity index (χ1) is 11.1. The molecule has 2 aromatic rings. The molecule has 5 heteroatoms. The molecular weight excluding hydrogens is 290 g/mol. The van der Waals surface area contributed by atoms with Crippen molar-refractivity contribution in [2.45, 2.75) is 52.0 Å². The number of likely N-dealkylation sites (tertiary alicyclic amines) is 1. The van der Waals surface area contributed by atoms with Gasteiger partial charge in [-0.05, 0) is 31.7 Å². The number of hydrogen-bond donors (Lipinski definition) is 0. The highest BCUT2D eigenvalue weighted by molar-refractivity contribution is 5.79. The van der Waals surface area contributed by atoms with E-state index in [1.54, 1.807) is 6.92 Å². The lowest BCUT2D eigenvalue weighted by Gasteiger charge is -2.24. The fraction of sp³-hybridized carbons (Fsp3) is 0.500. The third kappa shape index (κ3) is 3.97. The second-order valence-electron chi connectivity index (χ2n) is 6.32. The fourth-order valence-electron chi connectivity index (χ4n) is 3.30. The van der Waals surface area contributed by atoms with Crippen LogP contribution in [0.5, 0.6) is 0 Å². The summed E-state index contributed by atoms with van der Waals surface area (Å²) in [5.41, 5.74) is 2.29. The Morgan fingerprint density at radius 1 is 1.39 bits per heavy atom. The smallest absolute Gasteiger partial charge is 0.227 e. The summed E-state index contributed by atoms with van der Waals surface area (Å²) in [5, 5.41) is 3.93. The molecule has 1 aliphatic rings. The van der Waals surface area contributed by atoms with Gasteiger partial charge in [-0.3, -0.25) is 4.79 Å². The number of amides is 1. The number of carbonyl (C=O) groups is 1. The average Bonchev–Trinajstić information content (AvgIpc) is 3.13. The van der Waals surface area contributed by atoms with Crippen LogP contribution in [-0.4, -0.2) is 33.5 Å². The van der Waals surface area contributed by atoms with E-state index < -0.39 is 0 Å². The third-order valence-electron chi connectivity index (χ3n) is 4.41. The molecular formula is C18H23N3O2. The van der Waals surface area contributed by atoms with Gasteiger partial charge >= 0.3 is 0 Å². The van der Waals surface area contributed by atoms with Gasteiger partial charge in [0, 0.05) is 25.9 Å². The number of hydrogen-bond acceptors (Lipinski definition) is 4. The number of benzene rings is 1. The Hall–Kier alpha value is -2.17. The number of nitrogens with zero attached hydrogens (tertiary/aromatic N) is 3. The van der Waals surface area contributed by atoms with Crippen LogP contribution in [0.15, 0.2) is 28.8 Å². The molecule has 1 atom stereocenters. The van der Waals surface area contributed by atoms with E-state index in [0.29, 0.717) is 18.4 Å². The second kappa shape index (κ2) is 6.94. The van der Waals surface area contributed by atoms with E-state index in [1.807, 2.05) is 17.0 Å². The number of rotatable bonds is 5. The van der Waals surface area contributed by atoms with Crippen molar-refractivity contribution in [2.75, 3.05) is 6.54 Å². The van der Waals surface area contributed by atoms with Gasteiger partial charge in [0.05, 0.1) is 6.42 Å². The summed E-state index contributed by atoms with van der Waals surface area (Å²) >= 11 is 0. The summed E-state index contributed by atoms with van der Waals surface area (Å²) in [6, 6.07) is 8.48. The van der Waals surface area contributed by atoms with Gasteiger partial charge in [0.1, 0.15) is 0 Å². The van der Waals surface area contributed by atoms with Crippen molar-refractivity contribution in [3.63, 3.8) is 0 Å². The molecule has 1 aromatic carbocycles. The molecule has 122 valence electrons. The van der Waals surface area contributed by atoms with Crippen molar-refractivity contribution >= 4 is 5.91 Å². The predicted octanol–water partition coefficient (Wildman–Crippen LogP) is 2.85. The van der Waals surface area contributed by atoms with Crippen LogP contribution in [0.25, 0.3) is 0 Å². The fourth-order valence-corrected chi connectivity index (χ4v) is 3.30. The molecule has 1 aliphatic heterocycles. The minimum absolute atomic E-state index is 0.224. The quantitative estimate of drug-likeness (QED) is 0.851. The Morgan fingerprint density at radius 2 is 2.26 bits per heavy atom. The highest BCUT2D eigenvalue weighted by Crippen LogP contribution is 2.22. The Balaban J connectivity index is 1.58. The van der Waals surface area contributed by atoms with Crippen LogP contribution in [0, 0.1) is 13.8 Å². The van der Waals surface area contributed by atoms with Crippen LogP contribution in [0.2, 0.25) is 0 Å². The summed E-state index contributed by atoms with van der Waals surface area (Å²) in [7, 11) is 0. The zero-order valence-corrected chi connectivity index (χ0v) is 13.8. The lowest BCUT2D eigenvalue weighted by atomic mass is 10.1. The minimum atomic E-state index is 0.224. The van der Waals surface area contributed by atoms with Gasteiger partial charge in [-0.15, -0.1) is 0 Å². The van der Waals surface area contributed by atoms with E-state index in [-0.39, 0.29) is 5.91 Å². The van der Waals surface area contributed by atoms with E-state index in [0.717, 1.165) is 43.6 Å². The summed E-state index contributed by atoms with van der Waals surface area (Å²) in [5.74, 6) is 1.56. The molecule has 0 radical (unpaired) electrons. The maximum absolute atomic E-state index is 12.6. The molecule has 5 nitrogen and oxygen atoms in total. The van der Waals surface area contributed by atoms with Crippen molar-refractivity contribution in [3.8, 4) is 0 Å². The molecule has 3 rings (SSSR count). The molecule has 1 aromatic heterocycles. The van der Waals surface area contributed by atoms with E-state index in [1.165, 1.54) is 5.56 Å². The van der Waals surface area contributed by atoms with Crippen molar-refractivity contribution < 1.29 is 9.32 Å². The molecule has 0 saturated carbocycles. The number of aryl methyl sites for hydroxylation is 3. The van der Waals surface area contributed by atoms with E-state index >= 15 is 0 Å². The van der Waals surface area contributed by atoms with Gasteiger partial charge in [-0.25, -0.2) is 0 Å². The monoisotopic (exact) mass is 313 g/mol. The SMILES string of the molecule is Cc1cccc(CC(=O)N2CCCC2CCc2noc(C)n2)c1. The lowest BCUT2D eigenvalue weighted by Crippen LogP contribution is -2.36.